The van der Waals surface area contributed by atoms with Crippen molar-refractivity contribution < 1.29 is 4.74 Å². The van der Waals surface area contributed by atoms with Crippen LogP contribution in [-0.2, 0) is 4.74 Å². The molecule has 0 spiro atoms. The Morgan fingerprint density at radius 3 is 2.62 bits per heavy atom. The van der Waals surface area contributed by atoms with Crippen molar-refractivity contribution in [3.8, 4) is 0 Å². The van der Waals surface area contributed by atoms with Gasteiger partial charge in [0.1, 0.15) is 5.70 Å². The number of aliphatic imine (C=N–C) groups is 1. The summed E-state index contributed by atoms with van der Waals surface area (Å²) in [5, 5.41) is 7.05. The highest BCUT2D eigenvalue weighted by molar-refractivity contribution is 7.99. The summed E-state index contributed by atoms with van der Waals surface area (Å²) < 4.78 is 6.15. The third-order valence-corrected chi connectivity index (χ3v) is 6.98. The predicted octanol–water partition coefficient (Wildman–Crippen LogP) is 4.83. The van der Waals surface area contributed by atoms with Crippen LogP contribution in [0.15, 0.2) is 62.1 Å². The van der Waals surface area contributed by atoms with Gasteiger partial charge in [-0.3, -0.25) is 5.43 Å². The van der Waals surface area contributed by atoms with E-state index in [0.717, 1.165) is 34.1 Å². The Bertz CT molecular complexity index is 988. The number of nitrogens with zero attached hydrogens (tertiary/aromatic N) is 3. The zero-order chi connectivity index (χ0) is 20.5. The van der Waals surface area contributed by atoms with Crippen LogP contribution in [0.4, 0.5) is 0 Å². The monoisotopic (exact) mass is 426 g/mol. The molecule has 2 aromatic rings. The first-order valence-corrected chi connectivity index (χ1v) is 11.5. The van der Waals surface area contributed by atoms with Gasteiger partial charge in [0.2, 0.25) is 6.23 Å². The lowest BCUT2D eigenvalue weighted by molar-refractivity contribution is 0.217. The van der Waals surface area contributed by atoms with Crippen molar-refractivity contribution in [1.29, 1.82) is 0 Å². The molecule has 29 heavy (non-hydrogen) atoms. The second-order valence-corrected chi connectivity index (χ2v) is 10.1. The molecule has 4 rings (SSSR count). The van der Waals surface area contributed by atoms with Gasteiger partial charge >= 0.3 is 0 Å². The fourth-order valence-electron chi connectivity index (χ4n) is 3.30. The van der Waals surface area contributed by atoms with Gasteiger partial charge < -0.3 is 9.64 Å². The molecule has 0 amide bonds. The third-order valence-electron chi connectivity index (χ3n) is 4.96. The predicted molar refractivity (Wildman–Crippen MR) is 123 cm³/mol. The van der Waals surface area contributed by atoms with Crippen LogP contribution in [0, 0.1) is 6.92 Å². The first-order chi connectivity index (χ1) is 13.9. The molecule has 1 atom stereocenters. The Kier molecular flexibility index (Phi) is 5.69. The van der Waals surface area contributed by atoms with E-state index in [-0.39, 0.29) is 6.23 Å². The number of aryl methyl sites for hydroxylation is 1. The molecule has 152 valence electrons. The minimum Gasteiger partial charge on any atom is -0.444 e. The molecular formula is C22H26N4OS2. The highest BCUT2D eigenvalue weighted by Gasteiger charge is 2.30. The van der Waals surface area contributed by atoms with Crippen molar-refractivity contribution >= 4 is 34.7 Å². The van der Waals surface area contributed by atoms with E-state index in [1.165, 1.54) is 10.5 Å². The number of allylic oxidation sites excluding steroid dienone is 1. The molecule has 2 aliphatic rings. The van der Waals surface area contributed by atoms with Gasteiger partial charge in [0.25, 0.3) is 5.90 Å². The second kappa shape index (κ2) is 8.24. The maximum Gasteiger partial charge on any atom is 0.250 e. The van der Waals surface area contributed by atoms with E-state index in [4.69, 9.17) is 9.73 Å². The number of ether oxygens (including phenoxy) is 1. The molecule has 3 heterocycles. The number of nitrogens with one attached hydrogen (secondary N) is 1. The quantitative estimate of drug-likeness (QED) is 0.696. The maximum absolute atomic E-state index is 6.15. The number of thiophene rings is 1. The van der Waals surface area contributed by atoms with Gasteiger partial charge in [-0.05, 0) is 48.6 Å². The van der Waals surface area contributed by atoms with Gasteiger partial charge in [0.15, 0.2) is 0 Å². The SMILES string of the molecule is CC1=C(C2NN=C(c3sccc3C)O2)N=C(c2ccc(SC(C)C)cc2)CN1C. The smallest absolute Gasteiger partial charge is 0.250 e. The second-order valence-electron chi connectivity index (χ2n) is 7.55. The number of benzene rings is 1. The number of hydrazone groups is 1. The molecule has 5 nitrogen and oxygen atoms in total. The molecule has 1 unspecified atom stereocenters. The van der Waals surface area contributed by atoms with Crippen molar-refractivity contribution in [1.82, 2.24) is 10.3 Å². The summed E-state index contributed by atoms with van der Waals surface area (Å²) in [6.07, 6.45) is -0.375. The van der Waals surface area contributed by atoms with E-state index in [1.54, 1.807) is 11.3 Å². The first-order valence-electron chi connectivity index (χ1n) is 9.73. The van der Waals surface area contributed by atoms with E-state index in [1.807, 2.05) is 11.8 Å². The van der Waals surface area contributed by atoms with Crippen LogP contribution in [0.5, 0.6) is 0 Å². The zero-order valence-corrected chi connectivity index (χ0v) is 19.0. The molecule has 7 heteroatoms. The molecule has 2 aliphatic heterocycles. The number of likely N-dealkylation sites (N-methyl/N-ethyl adjacent to an activating group) is 1. The van der Waals surface area contributed by atoms with Gasteiger partial charge in [-0.25, -0.2) is 4.99 Å². The van der Waals surface area contributed by atoms with Crippen LogP contribution < -0.4 is 5.43 Å². The summed E-state index contributed by atoms with van der Waals surface area (Å²) in [6, 6.07) is 10.8. The topological polar surface area (TPSA) is 49.2 Å². The van der Waals surface area contributed by atoms with E-state index in [0.29, 0.717) is 11.1 Å². The summed E-state index contributed by atoms with van der Waals surface area (Å²) >= 11 is 3.51. The van der Waals surface area contributed by atoms with Crippen molar-refractivity contribution in [3.63, 3.8) is 0 Å². The van der Waals surface area contributed by atoms with E-state index >= 15 is 0 Å². The number of hydrogen-bond donors (Lipinski definition) is 1. The van der Waals surface area contributed by atoms with Crippen LogP contribution in [0.1, 0.15) is 36.8 Å². The molecule has 0 radical (unpaired) electrons. The van der Waals surface area contributed by atoms with Gasteiger partial charge in [-0.15, -0.1) is 28.2 Å². The van der Waals surface area contributed by atoms with Gasteiger partial charge in [-0.1, -0.05) is 26.0 Å². The molecule has 1 aromatic carbocycles. The van der Waals surface area contributed by atoms with Crippen molar-refractivity contribution in [3.05, 3.63) is 63.1 Å². The normalized spacial score (nSPS) is 19.2. The summed E-state index contributed by atoms with van der Waals surface area (Å²) in [4.78, 5) is 9.54. The fourth-order valence-corrected chi connectivity index (χ4v) is 4.99. The largest absolute Gasteiger partial charge is 0.444 e. The lowest BCUT2D eigenvalue weighted by Gasteiger charge is -2.29. The molecule has 1 aromatic heterocycles. The Labute approximate surface area is 180 Å². The maximum atomic E-state index is 6.15. The summed E-state index contributed by atoms with van der Waals surface area (Å²) in [5.41, 5.74) is 8.45. The molecule has 0 aliphatic carbocycles. The summed E-state index contributed by atoms with van der Waals surface area (Å²) in [5.74, 6) is 0.642. The molecule has 1 N–H and O–H groups in total. The van der Waals surface area contributed by atoms with Crippen LogP contribution in [0.3, 0.4) is 0 Å². The van der Waals surface area contributed by atoms with Crippen molar-refractivity contribution in [2.45, 2.75) is 44.1 Å². The van der Waals surface area contributed by atoms with Gasteiger partial charge in [-0.2, -0.15) is 0 Å². The van der Waals surface area contributed by atoms with Gasteiger partial charge in [0, 0.05) is 22.9 Å². The molecule has 0 saturated carbocycles. The highest BCUT2D eigenvalue weighted by atomic mass is 32.2. The van der Waals surface area contributed by atoms with E-state index in [2.05, 4.69) is 85.9 Å². The molecule has 0 saturated heterocycles. The van der Waals surface area contributed by atoms with Crippen molar-refractivity contribution in [2.75, 3.05) is 13.6 Å². The standard InChI is InChI=1S/C22H26N4OS2/c1-13(2)29-17-8-6-16(7-9-17)18-12-26(5)15(4)19(23-18)21-24-25-22(27-21)20-14(3)10-11-28-20/h6-11,13,21,24H,12H2,1-5H3. The lowest BCUT2D eigenvalue weighted by Crippen LogP contribution is -2.35. The number of hydrogen-bond acceptors (Lipinski definition) is 7. The minimum absolute atomic E-state index is 0.375. The molecule has 0 fully saturated rings. The first kappa shape index (κ1) is 20.0. The van der Waals surface area contributed by atoms with Gasteiger partial charge in [0.05, 0.1) is 17.1 Å². The summed E-state index contributed by atoms with van der Waals surface area (Å²) in [6.45, 7) is 9.35. The Hall–Kier alpha value is -2.25. The molecular weight excluding hydrogens is 400 g/mol. The number of rotatable bonds is 5. The average molecular weight is 427 g/mol. The highest BCUT2D eigenvalue weighted by Crippen LogP contribution is 2.28. The fraction of sp³-hybridized carbons (Fsp3) is 0.364. The van der Waals surface area contributed by atoms with Crippen LogP contribution in [-0.4, -0.2) is 41.6 Å². The van der Waals surface area contributed by atoms with Crippen LogP contribution in [0.2, 0.25) is 0 Å². The zero-order valence-electron chi connectivity index (χ0n) is 17.4. The Balaban J connectivity index is 1.56. The molecule has 0 bridgehead atoms. The van der Waals surface area contributed by atoms with Crippen LogP contribution in [0.25, 0.3) is 0 Å². The lowest BCUT2D eigenvalue weighted by atomic mass is 10.1. The Morgan fingerprint density at radius 1 is 1.21 bits per heavy atom. The average Bonchev–Trinajstić information content (AvgIpc) is 3.33. The van der Waals surface area contributed by atoms with Crippen molar-refractivity contribution in [2.24, 2.45) is 10.1 Å². The van der Waals surface area contributed by atoms with E-state index in [9.17, 15) is 0 Å². The van der Waals surface area contributed by atoms with Crippen LogP contribution >= 0.6 is 23.1 Å². The number of thioether (sulfide) groups is 1. The Morgan fingerprint density at radius 2 is 1.97 bits per heavy atom. The minimum atomic E-state index is -0.375. The summed E-state index contributed by atoms with van der Waals surface area (Å²) in [7, 11) is 2.09. The van der Waals surface area contributed by atoms with E-state index < -0.39 is 0 Å². The third kappa shape index (κ3) is 4.21.